The summed E-state index contributed by atoms with van der Waals surface area (Å²) in [5, 5.41) is 6.16. The van der Waals surface area contributed by atoms with Crippen LogP contribution < -0.4 is 10.6 Å². The quantitative estimate of drug-likeness (QED) is 0.475. The molecule has 0 aromatic heterocycles. The van der Waals surface area contributed by atoms with Gasteiger partial charge in [-0.3, -0.25) is 9.59 Å². The fourth-order valence-corrected chi connectivity index (χ4v) is 4.12. The van der Waals surface area contributed by atoms with Gasteiger partial charge in [0.15, 0.2) is 0 Å². The van der Waals surface area contributed by atoms with Crippen LogP contribution in [-0.2, 0) is 9.59 Å². The summed E-state index contributed by atoms with van der Waals surface area (Å²) in [7, 11) is 0. The Kier molecular flexibility index (Phi) is 7.80. The molecule has 3 rings (SSSR count). The Morgan fingerprint density at radius 3 is 1.54 bits per heavy atom. The fourth-order valence-electron chi connectivity index (χ4n) is 4.12. The third kappa shape index (κ3) is 4.84. The Bertz CT molecular complexity index is 407. The molecule has 4 heteroatoms. The van der Waals surface area contributed by atoms with Gasteiger partial charge in [0.2, 0.25) is 11.8 Å². The van der Waals surface area contributed by atoms with Crippen molar-refractivity contribution < 1.29 is 9.59 Å². The number of carbonyl (C=O) groups excluding carboxylic acids is 2. The van der Waals surface area contributed by atoms with E-state index in [1.165, 1.54) is 0 Å². The van der Waals surface area contributed by atoms with E-state index in [2.05, 4.69) is 36.6 Å². The molecular weight excluding hydrogens is 300 g/mol. The number of fused-ring (bicyclic) bond motifs is 2. The molecule has 136 valence electrons. The molecule has 3 aliphatic carbocycles. The molecule has 0 aromatic carbocycles. The molecule has 0 spiro atoms. The van der Waals surface area contributed by atoms with E-state index in [1.54, 1.807) is 0 Å². The van der Waals surface area contributed by atoms with E-state index < -0.39 is 0 Å². The Hall–Kier alpha value is -1.32. The third-order valence-corrected chi connectivity index (χ3v) is 5.51. The van der Waals surface area contributed by atoms with E-state index in [1.807, 2.05) is 0 Å². The smallest absolute Gasteiger partial charge is 0.224 e. The first-order valence-corrected chi connectivity index (χ1v) is 9.92. The molecule has 0 radical (unpaired) electrons. The molecular formula is C20H34N2O2. The molecule has 4 unspecified atom stereocenters. The number of hydrogen-bond acceptors (Lipinski definition) is 2. The van der Waals surface area contributed by atoms with Gasteiger partial charge in [-0.2, -0.15) is 0 Å². The highest BCUT2D eigenvalue weighted by Crippen LogP contribution is 2.45. The summed E-state index contributed by atoms with van der Waals surface area (Å²) in [5.74, 6) is 0.265. The van der Waals surface area contributed by atoms with Crippen molar-refractivity contribution in [1.82, 2.24) is 10.6 Å². The Morgan fingerprint density at radius 2 is 1.21 bits per heavy atom. The second kappa shape index (κ2) is 9.85. The predicted molar refractivity (Wildman–Crippen MR) is 97.4 cm³/mol. The van der Waals surface area contributed by atoms with Crippen molar-refractivity contribution in [3.05, 3.63) is 12.2 Å². The van der Waals surface area contributed by atoms with Crippen LogP contribution in [0.5, 0.6) is 0 Å². The van der Waals surface area contributed by atoms with Gasteiger partial charge in [-0.15, -0.1) is 0 Å². The van der Waals surface area contributed by atoms with Crippen molar-refractivity contribution in [2.75, 3.05) is 13.1 Å². The van der Waals surface area contributed by atoms with E-state index >= 15 is 0 Å². The average molecular weight is 335 g/mol. The van der Waals surface area contributed by atoms with Crippen LogP contribution in [-0.4, -0.2) is 24.9 Å². The lowest BCUT2D eigenvalue weighted by Gasteiger charge is -2.43. The Labute approximate surface area is 146 Å². The summed E-state index contributed by atoms with van der Waals surface area (Å²) in [5.41, 5.74) is 0. The monoisotopic (exact) mass is 334 g/mol. The van der Waals surface area contributed by atoms with Gasteiger partial charge >= 0.3 is 0 Å². The summed E-state index contributed by atoms with van der Waals surface area (Å²) in [6.07, 6.45) is 13.0. The van der Waals surface area contributed by atoms with Gasteiger partial charge in [0.25, 0.3) is 0 Å². The minimum absolute atomic E-state index is 0.0823. The van der Waals surface area contributed by atoms with Crippen LogP contribution in [0.25, 0.3) is 0 Å². The van der Waals surface area contributed by atoms with Crippen molar-refractivity contribution in [2.24, 2.45) is 23.7 Å². The van der Waals surface area contributed by atoms with E-state index in [-0.39, 0.29) is 35.5 Å². The summed E-state index contributed by atoms with van der Waals surface area (Å²) in [4.78, 5) is 25.4. The lowest BCUT2D eigenvalue weighted by Crippen LogP contribution is -2.52. The SMILES string of the molecule is CCCCCNC(=O)C1C2C=CC(CC2)C1C(=O)NCCCCC. The molecule has 24 heavy (non-hydrogen) atoms. The molecule has 3 aliphatic rings. The predicted octanol–water partition coefficient (Wildman–Crippen LogP) is 3.43. The maximum absolute atomic E-state index is 12.7. The molecule has 0 heterocycles. The lowest BCUT2D eigenvalue weighted by molar-refractivity contribution is -0.140. The van der Waals surface area contributed by atoms with Gasteiger partial charge in [0.1, 0.15) is 0 Å². The molecule has 1 fully saturated rings. The highest BCUT2D eigenvalue weighted by atomic mass is 16.2. The van der Waals surface area contributed by atoms with Crippen molar-refractivity contribution in [3.63, 3.8) is 0 Å². The van der Waals surface area contributed by atoms with E-state index in [4.69, 9.17) is 0 Å². The van der Waals surface area contributed by atoms with Gasteiger partial charge in [0, 0.05) is 13.1 Å². The van der Waals surface area contributed by atoms with Crippen molar-refractivity contribution in [1.29, 1.82) is 0 Å². The van der Waals surface area contributed by atoms with Crippen LogP contribution in [0.15, 0.2) is 12.2 Å². The van der Waals surface area contributed by atoms with Crippen molar-refractivity contribution in [2.45, 2.75) is 65.2 Å². The number of rotatable bonds is 10. The van der Waals surface area contributed by atoms with Crippen LogP contribution in [0.4, 0.5) is 0 Å². The summed E-state index contributed by atoms with van der Waals surface area (Å²) in [6.45, 7) is 5.78. The first-order valence-electron chi connectivity index (χ1n) is 9.92. The van der Waals surface area contributed by atoms with Crippen molar-refractivity contribution in [3.8, 4) is 0 Å². The second-order valence-corrected chi connectivity index (χ2v) is 7.34. The molecule has 2 bridgehead atoms. The molecule has 0 aromatic rings. The zero-order chi connectivity index (χ0) is 17.4. The molecule has 2 amide bonds. The Morgan fingerprint density at radius 1 is 0.792 bits per heavy atom. The minimum atomic E-state index is -0.179. The number of unbranched alkanes of at least 4 members (excludes halogenated alkanes) is 4. The molecule has 2 N–H and O–H groups in total. The zero-order valence-corrected chi connectivity index (χ0v) is 15.4. The number of hydrogen-bond donors (Lipinski definition) is 2. The normalized spacial score (nSPS) is 27.9. The van der Waals surface area contributed by atoms with Gasteiger partial charge in [-0.05, 0) is 37.5 Å². The number of nitrogens with one attached hydrogen (secondary N) is 2. The second-order valence-electron chi connectivity index (χ2n) is 7.34. The minimum Gasteiger partial charge on any atom is -0.356 e. The van der Waals surface area contributed by atoms with Crippen LogP contribution >= 0.6 is 0 Å². The lowest BCUT2D eigenvalue weighted by atomic mass is 9.61. The van der Waals surface area contributed by atoms with E-state index in [0.717, 1.165) is 64.5 Å². The highest BCUT2D eigenvalue weighted by Gasteiger charge is 2.47. The van der Waals surface area contributed by atoms with Crippen LogP contribution in [0.1, 0.15) is 65.2 Å². The van der Waals surface area contributed by atoms with Crippen LogP contribution in [0.2, 0.25) is 0 Å². The number of amides is 2. The Balaban J connectivity index is 1.94. The van der Waals surface area contributed by atoms with Crippen LogP contribution in [0, 0.1) is 23.7 Å². The maximum atomic E-state index is 12.7. The first kappa shape index (κ1) is 19.0. The van der Waals surface area contributed by atoms with Gasteiger partial charge in [-0.25, -0.2) is 0 Å². The third-order valence-electron chi connectivity index (χ3n) is 5.51. The molecule has 0 saturated heterocycles. The van der Waals surface area contributed by atoms with Crippen molar-refractivity contribution >= 4 is 11.8 Å². The molecule has 4 atom stereocenters. The highest BCUT2D eigenvalue weighted by molar-refractivity contribution is 5.89. The standard InChI is InChI=1S/C20H34N2O2/c1-3-5-7-13-21-19(23)17-15-9-11-16(12-10-15)18(17)20(24)22-14-8-6-4-2/h9,11,15-18H,3-8,10,12-14H2,1-2H3,(H,21,23)(H,22,24). The average Bonchev–Trinajstić information content (AvgIpc) is 2.62. The fraction of sp³-hybridized carbons (Fsp3) is 0.800. The molecule has 0 aliphatic heterocycles. The van der Waals surface area contributed by atoms with Crippen LogP contribution in [0.3, 0.4) is 0 Å². The first-order chi connectivity index (χ1) is 11.7. The summed E-state index contributed by atoms with van der Waals surface area (Å²) in [6, 6.07) is 0. The number of allylic oxidation sites excluding steroid dienone is 2. The van der Waals surface area contributed by atoms with E-state index in [0.29, 0.717) is 0 Å². The molecule has 1 saturated carbocycles. The van der Waals surface area contributed by atoms with Gasteiger partial charge < -0.3 is 10.6 Å². The van der Waals surface area contributed by atoms with E-state index in [9.17, 15) is 9.59 Å². The number of carbonyl (C=O) groups is 2. The maximum Gasteiger partial charge on any atom is 0.224 e. The zero-order valence-electron chi connectivity index (χ0n) is 15.4. The summed E-state index contributed by atoms with van der Waals surface area (Å²) >= 11 is 0. The topological polar surface area (TPSA) is 58.2 Å². The molecule has 4 nitrogen and oxygen atoms in total. The van der Waals surface area contributed by atoms with Gasteiger partial charge in [-0.1, -0.05) is 51.7 Å². The van der Waals surface area contributed by atoms with Gasteiger partial charge in [0.05, 0.1) is 11.8 Å². The summed E-state index contributed by atoms with van der Waals surface area (Å²) < 4.78 is 0. The largest absolute Gasteiger partial charge is 0.356 e.